The number of aryl methyl sites for hydroxylation is 1. The molecule has 22 heavy (non-hydrogen) atoms. The Labute approximate surface area is 129 Å². The van der Waals surface area contributed by atoms with Gasteiger partial charge in [0.25, 0.3) is 0 Å². The molecule has 1 aliphatic heterocycles. The summed E-state index contributed by atoms with van der Waals surface area (Å²) in [5.74, 6) is 0.474. The van der Waals surface area contributed by atoms with E-state index in [2.05, 4.69) is 15.3 Å². The average Bonchev–Trinajstić information content (AvgIpc) is 2.49. The summed E-state index contributed by atoms with van der Waals surface area (Å²) >= 11 is 0. The highest BCUT2D eigenvalue weighted by molar-refractivity contribution is 6.00. The van der Waals surface area contributed by atoms with E-state index in [9.17, 15) is 4.39 Å². The van der Waals surface area contributed by atoms with E-state index in [4.69, 9.17) is 10.5 Å². The molecule has 0 saturated carbocycles. The molecule has 118 valence electrons. The first-order valence-electron chi connectivity index (χ1n) is 7.16. The van der Waals surface area contributed by atoms with Gasteiger partial charge >= 0.3 is 0 Å². The number of nitrogens with two attached hydrogens (primary N) is 1. The smallest absolute Gasteiger partial charge is 0.216 e. The molecule has 0 fully saturated rings. The predicted octanol–water partition coefficient (Wildman–Crippen LogP) is 2.03. The molecule has 1 atom stereocenters. The highest BCUT2D eigenvalue weighted by Crippen LogP contribution is 2.15. The van der Waals surface area contributed by atoms with E-state index in [1.165, 1.54) is 0 Å². The third kappa shape index (κ3) is 4.14. The van der Waals surface area contributed by atoms with E-state index in [1.807, 2.05) is 32.2 Å². The molecular formula is C16H21FN4O. The number of nitrogens with one attached hydrogen (secondary N) is 1. The van der Waals surface area contributed by atoms with Gasteiger partial charge < -0.3 is 15.8 Å². The standard InChI is InChI=1S/C16H21FN4O/c1-11-7-13(9-21-16(11)22-6-4-17)8-19-10-14-12(2)20-5-3-15(14)18/h3,5,7,9-10,15,19H,4,6,8,18H2,1-2H3/b14-10-. The van der Waals surface area contributed by atoms with Gasteiger partial charge in [-0.2, -0.15) is 0 Å². The molecule has 0 spiro atoms. The largest absolute Gasteiger partial charge is 0.475 e. The van der Waals surface area contributed by atoms with Crippen molar-refractivity contribution in [2.45, 2.75) is 26.4 Å². The van der Waals surface area contributed by atoms with Crippen LogP contribution in [0.15, 0.2) is 41.3 Å². The normalized spacial score (nSPS) is 19.2. The van der Waals surface area contributed by atoms with E-state index >= 15 is 0 Å². The maximum Gasteiger partial charge on any atom is 0.216 e. The fraction of sp³-hybridized carbons (Fsp3) is 0.375. The molecule has 1 unspecified atom stereocenters. The quantitative estimate of drug-likeness (QED) is 0.843. The second kappa shape index (κ2) is 7.70. The first-order chi connectivity index (χ1) is 10.6. The lowest BCUT2D eigenvalue weighted by Crippen LogP contribution is -2.27. The van der Waals surface area contributed by atoms with Crippen LogP contribution in [0.5, 0.6) is 5.88 Å². The van der Waals surface area contributed by atoms with Crippen LogP contribution in [0, 0.1) is 6.92 Å². The van der Waals surface area contributed by atoms with Crippen LogP contribution < -0.4 is 15.8 Å². The van der Waals surface area contributed by atoms with Crippen LogP contribution in [0.1, 0.15) is 18.1 Å². The number of hydrogen-bond donors (Lipinski definition) is 2. The van der Waals surface area contributed by atoms with Gasteiger partial charge in [0, 0.05) is 42.0 Å². The van der Waals surface area contributed by atoms with Crippen LogP contribution in [0.4, 0.5) is 4.39 Å². The van der Waals surface area contributed by atoms with Gasteiger partial charge in [0.15, 0.2) is 0 Å². The minimum absolute atomic E-state index is 0.0293. The summed E-state index contributed by atoms with van der Waals surface area (Å²) in [6, 6.07) is 1.83. The van der Waals surface area contributed by atoms with Crippen LogP contribution in [0.2, 0.25) is 0 Å². The molecule has 0 saturated heterocycles. The molecule has 2 rings (SSSR count). The first kappa shape index (κ1) is 16.2. The molecule has 0 aliphatic carbocycles. The molecule has 6 heteroatoms. The van der Waals surface area contributed by atoms with Crippen LogP contribution in [-0.4, -0.2) is 30.0 Å². The third-order valence-electron chi connectivity index (χ3n) is 3.31. The molecule has 2 heterocycles. The molecule has 0 radical (unpaired) electrons. The minimum atomic E-state index is -0.520. The van der Waals surface area contributed by atoms with Gasteiger partial charge in [-0.25, -0.2) is 9.37 Å². The zero-order valence-electron chi connectivity index (χ0n) is 12.8. The van der Waals surface area contributed by atoms with E-state index in [-0.39, 0.29) is 12.6 Å². The third-order valence-corrected chi connectivity index (χ3v) is 3.31. The van der Waals surface area contributed by atoms with Gasteiger partial charge in [0.2, 0.25) is 5.88 Å². The van der Waals surface area contributed by atoms with E-state index < -0.39 is 6.67 Å². The SMILES string of the molecule is CC1=NC=CC(N)/C1=C\NCc1cnc(OCCF)c(C)c1. The number of rotatable bonds is 6. The van der Waals surface area contributed by atoms with Crippen LogP contribution in [0.3, 0.4) is 0 Å². The Hall–Kier alpha value is -2.21. The van der Waals surface area contributed by atoms with Crippen molar-refractivity contribution in [2.24, 2.45) is 10.7 Å². The highest BCUT2D eigenvalue weighted by atomic mass is 19.1. The Kier molecular flexibility index (Phi) is 5.66. The summed E-state index contributed by atoms with van der Waals surface area (Å²) < 4.78 is 17.3. The van der Waals surface area contributed by atoms with Crippen molar-refractivity contribution >= 4 is 5.71 Å². The summed E-state index contributed by atoms with van der Waals surface area (Å²) in [5.41, 5.74) is 9.78. The van der Waals surface area contributed by atoms with Crippen molar-refractivity contribution in [1.29, 1.82) is 0 Å². The monoisotopic (exact) mass is 304 g/mol. The first-order valence-corrected chi connectivity index (χ1v) is 7.16. The topological polar surface area (TPSA) is 72.5 Å². The fourth-order valence-electron chi connectivity index (χ4n) is 2.15. The van der Waals surface area contributed by atoms with Gasteiger partial charge in [-0.3, -0.25) is 4.99 Å². The predicted molar refractivity (Wildman–Crippen MR) is 85.6 cm³/mol. The molecule has 5 nitrogen and oxygen atoms in total. The molecule has 0 aromatic carbocycles. The molecule has 1 aromatic heterocycles. The fourth-order valence-corrected chi connectivity index (χ4v) is 2.15. The number of halogens is 1. The van der Waals surface area contributed by atoms with Gasteiger partial charge in [0.1, 0.15) is 13.3 Å². The van der Waals surface area contributed by atoms with Gasteiger partial charge in [-0.1, -0.05) is 0 Å². The van der Waals surface area contributed by atoms with Crippen LogP contribution >= 0.6 is 0 Å². The van der Waals surface area contributed by atoms with Crippen molar-refractivity contribution in [2.75, 3.05) is 13.3 Å². The lowest BCUT2D eigenvalue weighted by molar-refractivity contribution is 0.263. The lowest BCUT2D eigenvalue weighted by atomic mass is 10.0. The maximum absolute atomic E-state index is 12.1. The highest BCUT2D eigenvalue weighted by Gasteiger charge is 2.12. The molecule has 1 aliphatic rings. The summed E-state index contributed by atoms with van der Waals surface area (Å²) in [6.45, 7) is 3.94. The van der Waals surface area contributed by atoms with Crippen molar-refractivity contribution < 1.29 is 9.13 Å². The summed E-state index contributed by atoms with van der Waals surface area (Å²) in [6.07, 6.45) is 7.17. The zero-order valence-corrected chi connectivity index (χ0v) is 12.8. The summed E-state index contributed by atoms with van der Waals surface area (Å²) in [5, 5.41) is 3.22. The Morgan fingerprint density at radius 3 is 2.95 bits per heavy atom. The number of alkyl halides is 1. The summed E-state index contributed by atoms with van der Waals surface area (Å²) in [4.78, 5) is 8.43. The number of pyridine rings is 1. The van der Waals surface area contributed by atoms with E-state index in [0.29, 0.717) is 12.4 Å². The molecular weight excluding hydrogens is 283 g/mol. The molecule has 1 aromatic rings. The maximum atomic E-state index is 12.1. The number of ether oxygens (including phenoxy) is 1. The van der Waals surface area contributed by atoms with Crippen molar-refractivity contribution in [1.82, 2.24) is 10.3 Å². The number of nitrogens with zero attached hydrogens (tertiary/aromatic N) is 2. The number of hydrogen-bond acceptors (Lipinski definition) is 5. The minimum Gasteiger partial charge on any atom is -0.475 e. The summed E-state index contributed by atoms with van der Waals surface area (Å²) in [7, 11) is 0. The Bertz CT molecular complexity index is 610. The second-order valence-electron chi connectivity index (χ2n) is 5.07. The Morgan fingerprint density at radius 2 is 2.27 bits per heavy atom. The lowest BCUT2D eigenvalue weighted by Gasteiger charge is -2.16. The van der Waals surface area contributed by atoms with Crippen LogP contribution in [0.25, 0.3) is 0 Å². The van der Waals surface area contributed by atoms with E-state index in [1.54, 1.807) is 12.4 Å². The average molecular weight is 304 g/mol. The van der Waals surface area contributed by atoms with Crippen molar-refractivity contribution in [3.8, 4) is 5.88 Å². The van der Waals surface area contributed by atoms with Gasteiger partial charge in [-0.05, 0) is 31.6 Å². The van der Waals surface area contributed by atoms with E-state index in [0.717, 1.165) is 22.4 Å². The van der Waals surface area contributed by atoms with Crippen molar-refractivity contribution in [3.05, 3.63) is 47.4 Å². The molecule has 0 bridgehead atoms. The zero-order chi connectivity index (χ0) is 15.9. The molecule has 0 amide bonds. The van der Waals surface area contributed by atoms with Crippen molar-refractivity contribution in [3.63, 3.8) is 0 Å². The second-order valence-corrected chi connectivity index (χ2v) is 5.07. The Balaban J connectivity index is 1.96. The van der Waals surface area contributed by atoms with Gasteiger partial charge in [-0.15, -0.1) is 0 Å². The van der Waals surface area contributed by atoms with Crippen LogP contribution in [-0.2, 0) is 6.54 Å². The molecule has 3 N–H and O–H groups in total. The number of aromatic nitrogens is 1. The number of aliphatic imine (C=N–C) groups is 1. The van der Waals surface area contributed by atoms with Gasteiger partial charge in [0.05, 0.1) is 6.04 Å². The Morgan fingerprint density at radius 1 is 1.45 bits per heavy atom.